The van der Waals surface area contributed by atoms with Crippen molar-refractivity contribution in [3.8, 4) is 5.75 Å². The summed E-state index contributed by atoms with van der Waals surface area (Å²) in [5.41, 5.74) is 0.645. The number of aliphatic hydroxyl groups excluding tert-OH is 1. The van der Waals surface area contributed by atoms with Gasteiger partial charge in [-0.25, -0.2) is 4.39 Å². The van der Waals surface area contributed by atoms with E-state index in [0.29, 0.717) is 32.5 Å². The van der Waals surface area contributed by atoms with Crippen LogP contribution >= 0.6 is 0 Å². The van der Waals surface area contributed by atoms with E-state index in [1.807, 2.05) is 24.3 Å². The first-order valence-corrected chi connectivity index (χ1v) is 8.53. The van der Waals surface area contributed by atoms with Crippen LogP contribution in [0.25, 0.3) is 0 Å². The van der Waals surface area contributed by atoms with Crippen LogP contribution in [0.2, 0.25) is 0 Å². The number of hydrogen-bond acceptors (Lipinski definition) is 4. The van der Waals surface area contributed by atoms with Crippen LogP contribution in [-0.2, 0) is 5.60 Å². The van der Waals surface area contributed by atoms with Crippen molar-refractivity contribution in [2.75, 3.05) is 26.7 Å². The molecule has 1 unspecified atom stereocenters. The summed E-state index contributed by atoms with van der Waals surface area (Å²) in [6.45, 7) is 1.86. The molecule has 0 aliphatic carbocycles. The van der Waals surface area contributed by atoms with Gasteiger partial charge in [-0.3, -0.25) is 0 Å². The highest BCUT2D eigenvalue weighted by Crippen LogP contribution is 2.33. The molecule has 1 heterocycles. The van der Waals surface area contributed by atoms with Crippen LogP contribution < -0.4 is 4.74 Å². The minimum absolute atomic E-state index is 0.300. The normalized spacial score (nSPS) is 18.7. The lowest BCUT2D eigenvalue weighted by Gasteiger charge is -2.39. The van der Waals surface area contributed by atoms with Gasteiger partial charge in [-0.2, -0.15) is 0 Å². The summed E-state index contributed by atoms with van der Waals surface area (Å²) >= 11 is 0. The molecule has 1 atom stereocenters. The molecule has 134 valence electrons. The zero-order valence-electron chi connectivity index (χ0n) is 14.4. The van der Waals surface area contributed by atoms with Crippen molar-refractivity contribution in [3.05, 3.63) is 65.5 Å². The number of likely N-dealkylation sites (tertiary alicyclic amines) is 1. The maximum atomic E-state index is 13.1. The summed E-state index contributed by atoms with van der Waals surface area (Å²) in [6.07, 6.45) is 0.513. The molecule has 25 heavy (non-hydrogen) atoms. The Hall–Kier alpha value is -1.95. The summed E-state index contributed by atoms with van der Waals surface area (Å²) in [6, 6.07) is 13.5. The van der Waals surface area contributed by atoms with E-state index in [9.17, 15) is 14.6 Å². The SMILES string of the molecule is COc1cccc(C(O)CN2CCC(O)(c3ccc(F)cc3)CC2)c1. The summed E-state index contributed by atoms with van der Waals surface area (Å²) in [5.74, 6) is 0.423. The highest BCUT2D eigenvalue weighted by Gasteiger charge is 2.34. The van der Waals surface area contributed by atoms with Gasteiger partial charge in [0.1, 0.15) is 11.6 Å². The number of ether oxygens (including phenoxy) is 1. The summed E-state index contributed by atoms with van der Waals surface area (Å²) < 4.78 is 18.3. The van der Waals surface area contributed by atoms with Gasteiger partial charge < -0.3 is 19.8 Å². The maximum Gasteiger partial charge on any atom is 0.123 e. The van der Waals surface area contributed by atoms with Crippen molar-refractivity contribution in [1.29, 1.82) is 0 Å². The second kappa shape index (κ2) is 7.52. The third-order valence-electron chi connectivity index (χ3n) is 4.97. The molecule has 1 aliphatic rings. The third kappa shape index (κ3) is 4.18. The topological polar surface area (TPSA) is 52.9 Å². The van der Waals surface area contributed by atoms with Crippen molar-refractivity contribution >= 4 is 0 Å². The first-order chi connectivity index (χ1) is 12.0. The Kier molecular flexibility index (Phi) is 5.37. The zero-order chi connectivity index (χ0) is 17.9. The third-order valence-corrected chi connectivity index (χ3v) is 4.97. The summed E-state index contributed by atoms with van der Waals surface area (Å²) in [5, 5.41) is 21.3. The Morgan fingerprint density at radius 3 is 2.48 bits per heavy atom. The minimum Gasteiger partial charge on any atom is -0.497 e. The first kappa shape index (κ1) is 17.9. The number of rotatable bonds is 5. The fourth-order valence-corrected chi connectivity index (χ4v) is 3.35. The molecule has 2 aromatic carbocycles. The first-order valence-electron chi connectivity index (χ1n) is 8.53. The fraction of sp³-hybridized carbons (Fsp3) is 0.400. The average Bonchev–Trinajstić information content (AvgIpc) is 2.64. The van der Waals surface area contributed by atoms with E-state index in [1.165, 1.54) is 12.1 Å². The minimum atomic E-state index is -0.925. The molecule has 0 spiro atoms. The molecule has 0 radical (unpaired) electrons. The van der Waals surface area contributed by atoms with Gasteiger partial charge in [0, 0.05) is 19.6 Å². The smallest absolute Gasteiger partial charge is 0.123 e. The van der Waals surface area contributed by atoms with Gasteiger partial charge in [0.15, 0.2) is 0 Å². The Morgan fingerprint density at radius 1 is 1.16 bits per heavy atom. The fourth-order valence-electron chi connectivity index (χ4n) is 3.35. The monoisotopic (exact) mass is 345 g/mol. The Labute approximate surface area is 147 Å². The lowest BCUT2D eigenvalue weighted by molar-refractivity contribution is -0.0345. The highest BCUT2D eigenvalue weighted by molar-refractivity contribution is 5.30. The van der Waals surface area contributed by atoms with Crippen molar-refractivity contribution in [2.45, 2.75) is 24.5 Å². The van der Waals surface area contributed by atoms with Gasteiger partial charge in [-0.05, 0) is 48.2 Å². The number of piperidine rings is 1. The summed E-state index contributed by atoms with van der Waals surface area (Å²) in [7, 11) is 1.60. The molecule has 0 bridgehead atoms. The molecular formula is C20H24FNO3. The predicted molar refractivity (Wildman–Crippen MR) is 93.9 cm³/mol. The van der Waals surface area contributed by atoms with Gasteiger partial charge in [-0.1, -0.05) is 24.3 Å². The van der Waals surface area contributed by atoms with Crippen LogP contribution in [0.5, 0.6) is 5.75 Å². The van der Waals surface area contributed by atoms with Crippen LogP contribution in [0.3, 0.4) is 0 Å². The van der Waals surface area contributed by atoms with Crippen molar-refractivity contribution in [1.82, 2.24) is 4.90 Å². The Bertz CT molecular complexity index is 696. The lowest BCUT2D eigenvalue weighted by Crippen LogP contribution is -2.43. The van der Waals surface area contributed by atoms with E-state index in [2.05, 4.69) is 4.90 Å². The van der Waals surface area contributed by atoms with E-state index in [0.717, 1.165) is 16.9 Å². The number of hydrogen-bond donors (Lipinski definition) is 2. The predicted octanol–water partition coefficient (Wildman–Crippen LogP) is 2.85. The van der Waals surface area contributed by atoms with Crippen LogP contribution in [0.15, 0.2) is 48.5 Å². The lowest BCUT2D eigenvalue weighted by atomic mass is 9.84. The number of aliphatic hydroxyl groups is 2. The van der Waals surface area contributed by atoms with Gasteiger partial charge in [0.05, 0.1) is 18.8 Å². The molecule has 1 aliphatic heterocycles. The molecule has 0 amide bonds. The van der Waals surface area contributed by atoms with E-state index in [-0.39, 0.29) is 5.82 Å². The second-order valence-corrected chi connectivity index (χ2v) is 6.63. The van der Waals surface area contributed by atoms with Gasteiger partial charge in [0.25, 0.3) is 0 Å². The number of nitrogens with zero attached hydrogens (tertiary/aromatic N) is 1. The van der Waals surface area contributed by atoms with Crippen LogP contribution in [0.1, 0.15) is 30.1 Å². The molecule has 2 N–H and O–H groups in total. The van der Waals surface area contributed by atoms with Gasteiger partial charge in [-0.15, -0.1) is 0 Å². The quantitative estimate of drug-likeness (QED) is 0.875. The van der Waals surface area contributed by atoms with Gasteiger partial charge in [0.2, 0.25) is 0 Å². The zero-order valence-corrected chi connectivity index (χ0v) is 14.4. The maximum absolute atomic E-state index is 13.1. The van der Waals surface area contributed by atoms with Crippen molar-refractivity contribution < 1.29 is 19.3 Å². The van der Waals surface area contributed by atoms with Crippen LogP contribution in [0.4, 0.5) is 4.39 Å². The number of β-amino-alcohol motifs (C(OH)–C–C–N with tert-alkyl or cyclic N) is 1. The summed E-state index contributed by atoms with van der Waals surface area (Å²) in [4.78, 5) is 2.14. The van der Waals surface area contributed by atoms with E-state index in [1.54, 1.807) is 19.2 Å². The molecule has 0 saturated carbocycles. The van der Waals surface area contributed by atoms with Crippen LogP contribution in [-0.4, -0.2) is 41.9 Å². The molecule has 0 aromatic heterocycles. The van der Waals surface area contributed by atoms with Gasteiger partial charge >= 0.3 is 0 Å². The Morgan fingerprint density at radius 2 is 1.84 bits per heavy atom. The molecule has 5 heteroatoms. The molecular weight excluding hydrogens is 321 g/mol. The highest BCUT2D eigenvalue weighted by atomic mass is 19.1. The van der Waals surface area contributed by atoms with E-state index in [4.69, 9.17) is 4.74 Å². The van der Waals surface area contributed by atoms with E-state index >= 15 is 0 Å². The van der Waals surface area contributed by atoms with Crippen molar-refractivity contribution in [3.63, 3.8) is 0 Å². The van der Waals surface area contributed by atoms with E-state index < -0.39 is 11.7 Å². The number of benzene rings is 2. The largest absolute Gasteiger partial charge is 0.497 e. The Balaban J connectivity index is 1.59. The number of halogens is 1. The molecule has 1 fully saturated rings. The average molecular weight is 345 g/mol. The molecule has 1 saturated heterocycles. The number of methoxy groups -OCH3 is 1. The van der Waals surface area contributed by atoms with Crippen LogP contribution in [0, 0.1) is 5.82 Å². The molecule has 3 rings (SSSR count). The standard InChI is InChI=1S/C20H24FNO3/c1-25-18-4-2-3-15(13-18)19(23)14-22-11-9-20(24,10-12-22)16-5-7-17(21)8-6-16/h2-8,13,19,23-24H,9-12,14H2,1H3. The second-order valence-electron chi connectivity index (χ2n) is 6.63. The molecule has 4 nitrogen and oxygen atoms in total. The molecule has 2 aromatic rings. The van der Waals surface area contributed by atoms with Crippen molar-refractivity contribution in [2.24, 2.45) is 0 Å².